The summed E-state index contributed by atoms with van der Waals surface area (Å²) < 4.78 is 0. The van der Waals surface area contributed by atoms with E-state index in [2.05, 4.69) is 17.6 Å². The van der Waals surface area contributed by atoms with Crippen molar-refractivity contribution in [2.24, 2.45) is 0 Å². The van der Waals surface area contributed by atoms with E-state index in [-0.39, 0.29) is 5.91 Å². The fraction of sp³-hybridized carbons (Fsp3) is 0.636. The van der Waals surface area contributed by atoms with E-state index in [0.717, 1.165) is 18.4 Å². The van der Waals surface area contributed by atoms with Crippen LogP contribution in [-0.4, -0.2) is 11.9 Å². The highest BCUT2D eigenvalue weighted by molar-refractivity contribution is 6.30. The molecular formula is C22H33ClN2O2. The summed E-state index contributed by atoms with van der Waals surface area (Å²) in [5.41, 5.74) is -0.230. The molecule has 2 rings (SSSR count). The van der Waals surface area contributed by atoms with Gasteiger partial charge in [-0.05, 0) is 24.1 Å². The van der Waals surface area contributed by atoms with Gasteiger partial charge in [-0.15, -0.1) is 0 Å². The normalized spacial score (nSPS) is 19.2. The van der Waals surface area contributed by atoms with Crippen molar-refractivity contribution in [2.75, 3.05) is 0 Å². The standard InChI is InChI=1S/C22H33ClN2O2/c1-2-3-4-5-6-7-8-9-10-11-12-16-22(20(26)24-21(27)25-22)18-14-13-15-19(23)17-18/h13-15,17H,2-12,16H2,1H3,(H2,24,25,26,27). The fourth-order valence-corrected chi connectivity index (χ4v) is 4.01. The van der Waals surface area contributed by atoms with Gasteiger partial charge in [-0.1, -0.05) is 101 Å². The minimum Gasteiger partial charge on any atom is -0.319 e. The Morgan fingerprint density at radius 1 is 0.889 bits per heavy atom. The molecule has 1 heterocycles. The molecular weight excluding hydrogens is 360 g/mol. The number of rotatable bonds is 13. The Bertz CT molecular complexity index is 620. The summed E-state index contributed by atoms with van der Waals surface area (Å²) in [6.45, 7) is 2.25. The molecule has 0 radical (unpaired) electrons. The largest absolute Gasteiger partial charge is 0.322 e. The molecule has 0 aromatic heterocycles. The number of urea groups is 1. The zero-order valence-corrected chi connectivity index (χ0v) is 17.2. The molecule has 1 aliphatic heterocycles. The molecule has 1 atom stereocenters. The summed E-state index contributed by atoms with van der Waals surface area (Å²) in [7, 11) is 0. The third-order valence-electron chi connectivity index (χ3n) is 5.41. The number of unbranched alkanes of at least 4 members (excludes halogenated alkanes) is 10. The Hall–Kier alpha value is -1.55. The Morgan fingerprint density at radius 2 is 1.48 bits per heavy atom. The van der Waals surface area contributed by atoms with Crippen molar-refractivity contribution in [1.82, 2.24) is 10.6 Å². The molecule has 4 nitrogen and oxygen atoms in total. The first-order valence-corrected chi connectivity index (χ1v) is 10.9. The second-order valence-corrected chi connectivity index (χ2v) is 8.05. The number of halogens is 1. The third kappa shape index (κ3) is 6.53. The van der Waals surface area contributed by atoms with E-state index >= 15 is 0 Å². The first kappa shape index (κ1) is 21.7. The van der Waals surface area contributed by atoms with Crippen LogP contribution in [0.25, 0.3) is 0 Å². The van der Waals surface area contributed by atoms with Crippen LogP contribution in [0.15, 0.2) is 24.3 Å². The number of carbonyl (C=O) groups excluding carboxylic acids is 2. The summed E-state index contributed by atoms with van der Waals surface area (Å²) in [6.07, 6.45) is 14.4. The second-order valence-electron chi connectivity index (χ2n) is 7.61. The molecule has 150 valence electrons. The number of benzene rings is 1. The first-order chi connectivity index (χ1) is 13.1. The van der Waals surface area contributed by atoms with E-state index in [4.69, 9.17) is 11.6 Å². The van der Waals surface area contributed by atoms with Crippen LogP contribution in [0.5, 0.6) is 0 Å². The summed E-state index contributed by atoms with van der Waals surface area (Å²) in [5.74, 6) is -0.276. The van der Waals surface area contributed by atoms with E-state index in [0.29, 0.717) is 11.4 Å². The Kier molecular flexibility index (Phi) is 9.12. The van der Waals surface area contributed by atoms with E-state index in [9.17, 15) is 9.59 Å². The molecule has 0 bridgehead atoms. The van der Waals surface area contributed by atoms with Gasteiger partial charge in [0.15, 0.2) is 0 Å². The van der Waals surface area contributed by atoms with Crippen LogP contribution < -0.4 is 10.6 Å². The lowest BCUT2D eigenvalue weighted by Crippen LogP contribution is -2.43. The molecule has 5 heteroatoms. The van der Waals surface area contributed by atoms with Crippen LogP contribution in [0, 0.1) is 0 Å². The topological polar surface area (TPSA) is 58.2 Å². The summed E-state index contributed by atoms with van der Waals surface area (Å²) >= 11 is 6.10. The van der Waals surface area contributed by atoms with Gasteiger partial charge in [0.05, 0.1) is 0 Å². The number of hydrogen-bond acceptors (Lipinski definition) is 2. The smallest absolute Gasteiger partial charge is 0.319 e. The highest BCUT2D eigenvalue weighted by atomic mass is 35.5. The van der Waals surface area contributed by atoms with Gasteiger partial charge in [0.2, 0.25) is 0 Å². The average molecular weight is 393 g/mol. The van der Waals surface area contributed by atoms with Crippen molar-refractivity contribution in [3.05, 3.63) is 34.9 Å². The lowest BCUT2D eigenvalue weighted by molar-refractivity contribution is -0.124. The number of nitrogens with one attached hydrogen (secondary N) is 2. The maximum atomic E-state index is 12.5. The van der Waals surface area contributed by atoms with Gasteiger partial charge in [-0.2, -0.15) is 0 Å². The quantitative estimate of drug-likeness (QED) is 0.316. The van der Waals surface area contributed by atoms with Gasteiger partial charge in [-0.25, -0.2) is 4.79 Å². The van der Waals surface area contributed by atoms with E-state index < -0.39 is 11.6 Å². The molecule has 2 N–H and O–H groups in total. The number of hydrogen-bond donors (Lipinski definition) is 2. The number of amides is 3. The Balaban J connectivity index is 1.73. The molecule has 0 aliphatic carbocycles. The molecule has 1 aromatic carbocycles. The average Bonchev–Trinajstić information content (AvgIpc) is 2.94. The van der Waals surface area contributed by atoms with Crippen LogP contribution in [0.2, 0.25) is 5.02 Å². The van der Waals surface area contributed by atoms with Crippen molar-refractivity contribution in [2.45, 2.75) is 89.5 Å². The van der Waals surface area contributed by atoms with E-state index in [1.54, 1.807) is 12.1 Å². The highest BCUT2D eigenvalue weighted by Crippen LogP contribution is 2.32. The van der Waals surface area contributed by atoms with Crippen molar-refractivity contribution in [3.63, 3.8) is 0 Å². The Morgan fingerprint density at radius 3 is 2.00 bits per heavy atom. The maximum absolute atomic E-state index is 12.5. The van der Waals surface area contributed by atoms with Crippen molar-refractivity contribution in [3.8, 4) is 0 Å². The van der Waals surface area contributed by atoms with Crippen LogP contribution in [0.4, 0.5) is 4.79 Å². The van der Waals surface area contributed by atoms with Gasteiger partial charge in [-0.3, -0.25) is 10.1 Å². The second kappa shape index (κ2) is 11.3. The lowest BCUT2D eigenvalue weighted by Gasteiger charge is -2.26. The molecule has 1 aromatic rings. The third-order valence-corrected chi connectivity index (χ3v) is 5.65. The van der Waals surface area contributed by atoms with Gasteiger partial charge in [0.25, 0.3) is 5.91 Å². The predicted octanol–water partition coefficient (Wildman–Crippen LogP) is 6.08. The molecule has 3 amide bonds. The first-order valence-electron chi connectivity index (χ1n) is 10.5. The van der Waals surface area contributed by atoms with Crippen molar-refractivity contribution in [1.29, 1.82) is 0 Å². The van der Waals surface area contributed by atoms with Gasteiger partial charge < -0.3 is 5.32 Å². The Labute approximate surface area is 168 Å². The zero-order valence-electron chi connectivity index (χ0n) is 16.5. The van der Waals surface area contributed by atoms with Crippen LogP contribution in [-0.2, 0) is 10.3 Å². The van der Waals surface area contributed by atoms with Crippen molar-refractivity contribution < 1.29 is 9.59 Å². The van der Waals surface area contributed by atoms with Gasteiger partial charge >= 0.3 is 6.03 Å². The molecule has 27 heavy (non-hydrogen) atoms. The fourth-order valence-electron chi connectivity index (χ4n) is 3.82. The monoisotopic (exact) mass is 392 g/mol. The lowest BCUT2D eigenvalue weighted by atomic mass is 9.84. The van der Waals surface area contributed by atoms with Crippen LogP contribution >= 0.6 is 11.6 Å². The van der Waals surface area contributed by atoms with E-state index in [1.807, 2.05) is 12.1 Å². The number of carbonyl (C=O) groups is 2. The molecule has 1 aliphatic rings. The highest BCUT2D eigenvalue weighted by Gasteiger charge is 2.47. The number of imide groups is 1. The minimum atomic E-state index is -0.985. The SMILES string of the molecule is CCCCCCCCCCCCCC1(c2cccc(Cl)c2)NC(=O)NC1=O. The van der Waals surface area contributed by atoms with Crippen LogP contribution in [0.1, 0.15) is 89.5 Å². The molecule has 1 fully saturated rings. The predicted molar refractivity (Wildman–Crippen MR) is 111 cm³/mol. The minimum absolute atomic E-state index is 0.276. The summed E-state index contributed by atoms with van der Waals surface area (Å²) in [5, 5.41) is 5.79. The molecule has 1 saturated heterocycles. The van der Waals surface area contributed by atoms with Crippen molar-refractivity contribution >= 4 is 23.5 Å². The molecule has 0 saturated carbocycles. The summed E-state index contributed by atoms with van der Waals surface area (Å²) in [4.78, 5) is 24.2. The van der Waals surface area contributed by atoms with Crippen LogP contribution in [0.3, 0.4) is 0 Å². The van der Waals surface area contributed by atoms with Gasteiger partial charge in [0, 0.05) is 5.02 Å². The maximum Gasteiger partial charge on any atom is 0.322 e. The van der Waals surface area contributed by atoms with Gasteiger partial charge in [0.1, 0.15) is 5.54 Å². The zero-order chi connectivity index (χ0) is 19.5. The van der Waals surface area contributed by atoms with E-state index in [1.165, 1.54) is 57.8 Å². The molecule has 1 unspecified atom stereocenters. The summed E-state index contributed by atoms with van der Waals surface area (Å²) in [6, 6.07) is 6.79. The molecule has 0 spiro atoms.